The molecule has 6 heteroatoms. The molecule has 0 saturated carbocycles. The summed E-state index contributed by atoms with van der Waals surface area (Å²) in [4.78, 5) is 18.2. The summed E-state index contributed by atoms with van der Waals surface area (Å²) >= 11 is 3.27. The zero-order valence-corrected chi connectivity index (χ0v) is 9.02. The number of carboxylic acids is 1. The normalized spacial score (nSPS) is 10.5. The van der Waals surface area contributed by atoms with Crippen molar-refractivity contribution in [1.82, 2.24) is 9.97 Å². The Kier molecular flexibility index (Phi) is 2.28. The number of hydrogen-bond acceptors (Lipinski definition) is 4. The molecule has 0 aliphatic carbocycles. The second-order valence-electron chi connectivity index (χ2n) is 2.90. The Morgan fingerprint density at radius 3 is 2.80 bits per heavy atom. The fourth-order valence-electron chi connectivity index (χ4n) is 1.22. The Morgan fingerprint density at radius 2 is 2.13 bits per heavy atom. The summed E-state index contributed by atoms with van der Waals surface area (Å²) in [6, 6.07) is 5.22. The van der Waals surface area contributed by atoms with E-state index in [2.05, 4.69) is 25.9 Å². The van der Waals surface area contributed by atoms with Gasteiger partial charge in [0.2, 0.25) is 5.82 Å². The molecule has 2 aromatic rings. The lowest BCUT2D eigenvalue weighted by Gasteiger charge is -2.02. The first-order chi connectivity index (χ1) is 7.08. The molecule has 1 aromatic heterocycles. The number of nitrogen functional groups attached to an aromatic ring is 1. The second kappa shape index (κ2) is 3.47. The first-order valence-electron chi connectivity index (χ1n) is 4.04. The fourth-order valence-corrected chi connectivity index (χ4v) is 1.57. The number of hydrogen-bond donors (Lipinski definition) is 2. The second-order valence-corrected chi connectivity index (χ2v) is 3.81. The van der Waals surface area contributed by atoms with Crippen LogP contribution in [0.5, 0.6) is 0 Å². The molecule has 2 rings (SSSR count). The third-order valence-electron chi connectivity index (χ3n) is 1.88. The van der Waals surface area contributed by atoms with Crippen LogP contribution in [0.1, 0.15) is 10.6 Å². The summed E-state index contributed by atoms with van der Waals surface area (Å²) in [5.41, 5.74) is 6.12. The Hall–Kier alpha value is -1.69. The fraction of sp³-hybridized carbons (Fsp3) is 0. The molecule has 1 heterocycles. The number of aromatic carboxylic acids is 1. The van der Waals surface area contributed by atoms with Gasteiger partial charge in [0, 0.05) is 9.86 Å². The van der Waals surface area contributed by atoms with Gasteiger partial charge in [0.05, 0.1) is 5.52 Å². The molecule has 0 amide bonds. The van der Waals surface area contributed by atoms with E-state index in [9.17, 15) is 4.79 Å². The van der Waals surface area contributed by atoms with Gasteiger partial charge in [-0.1, -0.05) is 15.9 Å². The van der Waals surface area contributed by atoms with Crippen molar-refractivity contribution in [3.63, 3.8) is 0 Å². The van der Waals surface area contributed by atoms with Gasteiger partial charge in [-0.05, 0) is 18.2 Å². The molecule has 0 aliphatic heterocycles. The zero-order chi connectivity index (χ0) is 11.0. The highest BCUT2D eigenvalue weighted by atomic mass is 79.9. The van der Waals surface area contributed by atoms with Gasteiger partial charge in [-0.15, -0.1) is 0 Å². The van der Waals surface area contributed by atoms with Crippen LogP contribution >= 0.6 is 15.9 Å². The highest BCUT2D eigenvalue weighted by molar-refractivity contribution is 9.10. The summed E-state index contributed by atoms with van der Waals surface area (Å²) in [6.45, 7) is 0. The lowest BCUT2D eigenvalue weighted by molar-refractivity contribution is 0.0684. The van der Waals surface area contributed by atoms with Crippen LogP contribution < -0.4 is 5.73 Å². The number of fused-ring (bicyclic) bond motifs is 1. The lowest BCUT2D eigenvalue weighted by atomic mass is 10.2. The highest BCUT2D eigenvalue weighted by Gasteiger charge is 2.10. The lowest BCUT2D eigenvalue weighted by Crippen LogP contribution is -2.06. The van der Waals surface area contributed by atoms with Crippen molar-refractivity contribution < 1.29 is 9.90 Å². The number of nitrogens with two attached hydrogens (primary N) is 1. The van der Waals surface area contributed by atoms with E-state index in [1.165, 1.54) is 0 Å². The maximum Gasteiger partial charge on any atom is 0.374 e. The van der Waals surface area contributed by atoms with Crippen molar-refractivity contribution in [3.8, 4) is 0 Å². The maximum atomic E-state index is 10.7. The van der Waals surface area contributed by atoms with Crippen molar-refractivity contribution in [2.75, 3.05) is 5.73 Å². The standard InChI is InChI=1S/C9H6BrN3O2/c10-4-1-2-5-6(3-4)12-8(9(14)15)13-7(5)11/h1-3H,(H,14,15)(H2,11,12,13). The molecule has 15 heavy (non-hydrogen) atoms. The monoisotopic (exact) mass is 267 g/mol. The summed E-state index contributed by atoms with van der Waals surface area (Å²) in [5.74, 6) is -1.31. The summed E-state index contributed by atoms with van der Waals surface area (Å²) in [7, 11) is 0. The van der Waals surface area contributed by atoms with Crippen molar-refractivity contribution in [1.29, 1.82) is 0 Å². The van der Waals surface area contributed by atoms with Crippen LogP contribution in [-0.4, -0.2) is 21.0 Å². The van der Waals surface area contributed by atoms with Gasteiger partial charge in [0.25, 0.3) is 0 Å². The van der Waals surface area contributed by atoms with Gasteiger partial charge in [0.15, 0.2) is 0 Å². The van der Waals surface area contributed by atoms with Crippen LogP contribution in [0, 0.1) is 0 Å². The predicted octanol–water partition coefficient (Wildman–Crippen LogP) is 1.67. The van der Waals surface area contributed by atoms with Gasteiger partial charge in [0.1, 0.15) is 5.82 Å². The first kappa shape index (κ1) is 9.85. The third-order valence-corrected chi connectivity index (χ3v) is 2.37. The number of halogens is 1. The largest absolute Gasteiger partial charge is 0.475 e. The van der Waals surface area contributed by atoms with Gasteiger partial charge in [-0.3, -0.25) is 0 Å². The third kappa shape index (κ3) is 1.75. The number of benzene rings is 1. The molecule has 0 bridgehead atoms. The summed E-state index contributed by atoms with van der Waals surface area (Å²) < 4.78 is 0.810. The van der Waals surface area contributed by atoms with Crippen molar-refractivity contribution >= 4 is 38.6 Å². The average Bonchev–Trinajstić information content (AvgIpc) is 2.16. The Bertz CT molecular complexity index is 556. The highest BCUT2D eigenvalue weighted by Crippen LogP contribution is 2.21. The number of rotatable bonds is 1. The van der Waals surface area contributed by atoms with Crippen LogP contribution in [0.15, 0.2) is 22.7 Å². The van der Waals surface area contributed by atoms with E-state index in [1.807, 2.05) is 0 Å². The SMILES string of the molecule is Nc1nc(C(=O)O)nc2cc(Br)ccc12. The Morgan fingerprint density at radius 1 is 1.40 bits per heavy atom. The molecule has 5 nitrogen and oxygen atoms in total. The number of aromatic nitrogens is 2. The zero-order valence-electron chi connectivity index (χ0n) is 7.44. The van der Waals surface area contributed by atoms with Gasteiger partial charge in [-0.2, -0.15) is 0 Å². The number of carbonyl (C=O) groups is 1. The molecule has 0 atom stereocenters. The molecule has 3 N–H and O–H groups in total. The van der Waals surface area contributed by atoms with Crippen LogP contribution in [0.2, 0.25) is 0 Å². The minimum Gasteiger partial charge on any atom is -0.475 e. The van der Waals surface area contributed by atoms with Crippen LogP contribution in [0.4, 0.5) is 5.82 Å². The van der Waals surface area contributed by atoms with Crippen molar-refractivity contribution in [2.24, 2.45) is 0 Å². The molecular formula is C9H6BrN3O2. The maximum absolute atomic E-state index is 10.7. The van der Waals surface area contributed by atoms with E-state index < -0.39 is 5.97 Å². The van der Waals surface area contributed by atoms with E-state index >= 15 is 0 Å². The van der Waals surface area contributed by atoms with Gasteiger partial charge >= 0.3 is 5.97 Å². The average molecular weight is 268 g/mol. The molecule has 0 unspecified atom stereocenters. The molecule has 0 fully saturated rings. The Balaban J connectivity index is 2.79. The van der Waals surface area contributed by atoms with E-state index in [0.29, 0.717) is 10.9 Å². The predicted molar refractivity (Wildman–Crippen MR) is 58.6 cm³/mol. The number of carboxylic acid groups (broad SMARTS) is 1. The van der Waals surface area contributed by atoms with Crippen molar-refractivity contribution in [2.45, 2.75) is 0 Å². The minimum absolute atomic E-state index is 0.171. The molecule has 0 aliphatic rings. The minimum atomic E-state index is -1.19. The van der Waals surface area contributed by atoms with Crippen LogP contribution in [0.25, 0.3) is 10.9 Å². The Labute approximate surface area is 93.1 Å². The van der Waals surface area contributed by atoms with Gasteiger partial charge < -0.3 is 10.8 Å². The van der Waals surface area contributed by atoms with Crippen LogP contribution in [-0.2, 0) is 0 Å². The topological polar surface area (TPSA) is 89.1 Å². The first-order valence-corrected chi connectivity index (χ1v) is 4.83. The van der Waals surface area contributed by atoms with E-state index in [-0.39, 0.29) is 11.6 Å². The molecule has 1 aromatic carbocycles. The van der Waals surface area contributed by atoms with Gasteiger partial charge in [-0.25, -0.2) is 14.8 Å². The van der Waals surface area contributed by atoms with E-state index in [1.54, 1.807) is 18.2 Å². The molecule has 0 spiro atoms. The molecule has 0 saturated heterocycles. The van der Waals surface area contributed by atoms with Crippen LogP contribution in [0.3, 0.4) is 0 Å². The van der Waals surface area contributed by atoms with Crippen molar-refractivity contribution in [3.05, 3.63) is 28.5 Å². The summed E-state index contributed by atoms with van der Waals surface area (Å²) in [5, 5.41) is 9.39. The molecule has 76 valence electrons. The molecular weight excluding hydrogens is 262 g/mol. The van der Waals surface area contributed by atoms with E-state index in [4.69, 9.17) is 10.8 Å². The smallest absolute Gasteiger partial charge is 0.374 e. The quantitative estimate of drug-likeness (QED) is 0.821. The van der Waals surface area contributed by atoms with E-state index in [0.717, 1.165) is 4.47 Å². The number of anilines is 1. The number of nitrogens with zero attached hydrogens (tertiary/aromatic N) is 2. The molecule has 0 radical (unpaired) electrons. The summed E-state index contributed by atoms with van der Waals surface area (Å²) in [6.07, 6.45) is 0.